The van der Waals surface area contributed by atoms with Crippen molar-refractivity contribution in [3.63, 3.8) is 0 Å². The zero-order chi connectivity index (χ0) is 11.8. The lowest BCUT2D eigenvalue weighted by Gasteiger charge is -2.10. The first-order valence-electron chi connectivity index (χ1n) is 5.94. The predicted octanol–water partition coefficient (Wildman–Crippen LogP) is 2.62. The number of nitrogens with one attached hydrogen (secondary N) is 1. The maximum Gasteiger partial charge on any atom is 0.119 e. The highest BCUT2D eigenvalue weighted by molar-refractivity contribution is 5.46. The van der Waals surface area contributed by atoms with E-state index in [1.807, 2.05) is 31.2 Å². The fraction of sp³-hybridized carbons (Fsp3) is 0.538. The van der Waals surface area contributed by atoms with Gasteiger partial charge in [0.2, 0.25) is 0 Å². The van der Waals surface area contributed by atoms with Gasteiger partial charge in [0, 0.05) is 18.3 Å². The number of hydrogen-bond acceptors (Lipinski definition) is 3. The minimum absolute atomic E-state index is 0.167. The maximum atomic E-state index is 5.66. The van der Waals surface area contributed by atoms with Crippen LogP contribution in [0.25, 0.3) is 0 Å². The molecular weight excluding hydrogens is 200 g/mol. The minimum Gasteiger partial charge on any atom is -0.494 e. The summed E-state index contributed by atoms with van der Waals surface area (Å²) in [6, 6.07) is 8.17. The van der Waals surface area contributed by atoms with Crippen LogP contribution in [0.3, 0.4) is 0 Å². The molecule has 0 aliphatic heterocycles. The van der Waals surface area contributed by atoms with Gasteiger partial charge < -0.3 is 15.8 Å². The molecule has 0 amide bonds. The average molecular weight is 222 g/mol. The van der Waals surface area contributed by atoms with Crippen LogP contribution < -0.4 is 15.8 Å². The second kappa shape index (κ2) is 7.12. The molecule has 0 saturated carbocycles. The lowest BCUT2D eigenvalue weighted by Crippen LogP contribution is -2.25. The number of benzene rings is 1. The van der Waals surface area contributed by atoms with Crippen molar-refractivity contribution in [1.29, 1.82) is 0 Å². The number of unbranched alkanes of at least 4 members (excludes halogenated alkanes) is 1. The highest BCUT2D eigenvalue weighted by atomic mass is 16.5. The zero-order valence-electron chi connectivity index (χ0n) is 10.2. The molecule has 0 spiro atoms. The summed E-state index contributed by atoms with van der Waals surface area (Å²) < 4.78 is 5.57. The van der Waals surface area contributed by atoms with Gasteiger partial charge >= 0.3 is 0 Å². The van der Waals surface area contributed by atoms with E-state index < -0.39 is 0 Å². The number of ether oxygens (including phenoxy) is 1. The fourth-order valence-corrected chi connectivity index (χ4v) is 1.28. The van der Waals surface area contributed by atoms with E-state index in [1.165, 1.54) is 0 Å². The molecule has 1 aromatic carbocycles. The van der Waals surface area contributed by atoms with Crippen molar-refractivity contribution >= 4 is 5.69 Å². The molecular formula is C13H22N2O. The number of hydrogen-bond donors (Lipinski definition) is 2. The summed E-state index contributed by atoms with van der Waals surface area (Å²) in [7, 11) is 0. The molecule has 0 saturated heterocycles. The monoisotopic (exact) mass is 222 g/mol. The molecule has 0 bridgehead atoms. The third-order valence-electron chi connectivity index (χ3n) is 2.25. The van der Waals surface area contributed by atoms with E-state index in [1.54, 1.807) is 0 Å². The molecule has 0 aliphatic rings. The van der Waals surface area contributed by atoms with Gasteiger partial charge in [-0.25, -0.2) is 0 Å². The molecule has 1 atom stereocenters. The Hall–Kier alpha value is -1.22. The molecule has 3 N–H and O–H groups in total. The lowest BCUT2D eigenvalue weighted by molar-refractivity contribution is 0.309. The molecule has 0 aromatic heterocycles. The number of rotatable bonds is 7. The van der Waals surface area contributed by atoms with Gasteiger partial charge in [0.05, 0.1) is 6.61 Å². The second-order valence-corrected chi connectivity index (χ2v) is 4.08. The van der Waals surface area contributed by atoms with Gasteiger partial charge in [-0.15, -0.1) is 0 Å². The molecule has 0 heterocycles. The highest BCUT2D eigenvalue weighted by Crippen LogP contribution is 2.15. The first kappa shape index (κ1) is 12.8. The van der Waals surface area contributed by atoms with Crippen LogP contribution in [0.2, 0.25) is 0 Å². The molecule has 0 fully saturated rings. The van der Waals surface area contributed by atoms with E-state index in [9.17, 15) is 0 Å². The topological polar surface area (TPSA) is 47.3 Å². The summed E-state index contributed by atoms with van der Waals surface area (Å²) in [4.78, 5) is 0. The summed E-state index contributed by atoms with van der Waals surface area (Å²) in [6.45, 7) is 5.72. The molecule has 1 unspecified atom stereocenters. The third kappa shape index (κ3) is 5.03. The standard InChI is InChI=1S/C13H22N2O/c1-3-4-9-16-13-7-5-12(6-8-13)15-10-11(2)14/h5-8,11,15H,3-4,9-10,14H2,1-2H3. The van der Waals surface area contributed by atoms with Gasteiger partial charge in [-0.1, -0.05) is 13.3 Å². The summed E-state index contributed by atoms with van der Waals surface area (Å²) in [5.41, 5.74) is 6.75. The summed E-state index contributed by atoms with van der Waals surface area (Å²) in [5, 5.41) is 3.26. The molecule has 16 heavy (non-hydrogen) atoms. The highest BCUT2D eigenvalue weighted by Gasteiger charge is 1.96. The minimum atomic E-state index is 0.167. The van der Waals surface area contributed by atoms with Crippen LogP contribution in [0.4, 0.5) is 5.69 Å². The first-order chi connectivity index (χ1) is 7.72. The fourth-order valence-electron chi connectivity index (χ4n) is 1.28. The Balaban J connectivity index is 2.35. The lowest BCUT2D eigenvalue weighted by atomic mass is 10.3. The van der Waals surface area contributed by atoms with Gasteiger partial charge in [0.1, 0.15) is 5.75 Å². The van der Waals surface area contributed by atoms with E-state index in [4.69, 9.17) is 10.5 Å². The molecule has 1 rings (SSSR count). The van der Waals surface area contributed by atoms with Gasteiger partial charge in [-0.2, -0.15) is 0 Å². The van der Waals surface area contributed by atoms with Gasteiger partial charge in [0.25, 0.3) is 0 Å². The van der Waals surface area contributed by atoms with E-state index in [2.05, 4.69) is 12.2 Å². The summed E-state index contributed by atoms with van der Waals surface area (Å²) in [5.74, 6) is 0.930. The Morgan fingerprint density at radius 1 is 1.31 bits per heavy atom. The van der Waals surface area contributed by atoms with Gasteiger partial charge in [-0.3, -0.25) is 0 Å². The van der Waals surface area contributed by atoms with Crippen LogP contribution >= 0.6 is 0 Å². The Kier molecular flexibility index (Phi) is 5.72. The normalized spacial score (nSPS) is 12.2. The van der Waals surface area contributed by atoms with Crippen molar-refractivity contribution in [2.24, 2.45) is 5.73 Å². The second-order valence-electron chi connectivity index (χ2n) is 4.08. The molecule has 3 heteroatoms. The van der Waals surface area contributed by atoms with Crippen LogP contribution in [-0.2, 0) is 0 Å². The van der Waals surface area contributed by atoms with Crippen LogP contribution in [0.5, 0.6) is 5.75 Å². The van der Waals surface area contributed by atoms with Crippen molar-refractivity contribution < 1.29 is 4.74 Å². The molecule has 0 radical (unpaired) electrons. The van der Waals surface area contributed by atoms with Crippen molar-refractivity contribution in [1.82, 2.24) is 0 Å². The summed E-state index contributed by atoms with van der Waals surface area (Å²) >= 11 is 0. The largest absolute Gasteiger partial charge is 0.494 e. The van der Waals surface area contributed by atoms with Crippen LogP contribution in [-0.4, -0.2) is 19.2 Å². The van der Waals surface area contributed by atoms with E-state index in [0.717, 1.165) is 37.4 Å². The van der Waals surface area contributed by atoms with Crippen molar-refractivity contribution in [3.8, 4) is 5.75 Å². The average Bonchev–Trinajstić information content (AvgIpc) is 2.28. The van der Waals surface area contributed by atoms with Crippen molar-refractivity contribution in [2.75, 3.05) is 18.5 Å². The Bertz CT molecular complexity index is 282. The smallest absolute Gasteiger partial charge is 0.119 e. The molecule has 0 aliphatic carbocycles. The van der Waals surface area contributed by atoms with Crippen LogP contribution in [0.15, 0.2) is 24.3 Å². The van der Waals surface area contributed by atoms with Crippen molar-refractivity contribution in [2.45, 2.75) is 32.7 Å². The van der Waals surface area contributed by atoms with E-state index in [0.29, 0.717) is 0 Å². The van der Waals surface area contributed by atoms with Gasteiger partial charge in [0.15, 0.2) is 0 Å². The van der Waals surface area contributed by atoms with E-state index >= 15 is 0 Å². The first-order valence-corrected chi connectivity index (χ1v) is 5.94. The maximum absolute atomic E-state index is 5.66. The van der Waals surface area contributed by atoms with Gasteiger partial charge in [-0.05, 0) is 37.6 Å². The van der Waals surface area contributed by atoms with Crippen LogP contribution in [0.1, 0.15) is 26.7 Å². The third-order valence-corrected chi connectivity index (χ3v) is 2.25. The molecule has 3 nitrogen and oxygen atoms in total. The van der Waals surface area contributed by atoms with Crippen molar-refractivity contribution in [3.05, 3.63) is 24.3 Å². The predicted molar refractivity (Wildman–Crippen MR) is 69.0 cm³/mol. The van der Waals surface area contributed by atoms with Crippen LogP contribution in [0, 0.1) is 0 Å². The Morgan fingerprint density at radius 3 is 2.56 bits per heavy atom. The van der Waals surface area contributed by atoms with E-state index in [-0.39, 0.29) is 6.04 Å². The Labute approximate surface area is 98.0 Å². The number of nitrogens with two attached hydrogens (primary N) is 1. The molecule has 1 aromatic rings. The summed E-state index contributed by atoms with van der Waals surface area (Å²) in [6.07, 6.45) is 2.26. The Morgan fingerprint density at radius 2 is 2.00 bits per heavy atom. The number of anilines is 1. The zero-order valence-corrected chi connectivity index (χ0v) is 10.2. The quantitative estimate of drug-likeness (QED) is 0.697. The SMILES string of the molecule is CCCCOc1ccc(NCC(C)N)cc1. The molecule has 90 valence electrons.